The number of methoxy groups -OCH3 is 1. The number of carbonyl (C=O) groups is 3. The third-order valence-corrected chi connectivity index (χ3v) is 2.09. The fourth-order valence-electron chi connectivity index (χ4n) is 1.27. The summed E-state index contributed by atoms with van der Waals surface area (Å²) in [5.74, 6) is -2.91. The molecule has 0 heterocycles. The summed E-state index contributed by atoms with van der Waals surface area (Å²) in [6, 6.07) is 3.76. The number of ether oxygens (including phenoxy) is 1. The smallest absolute Gasteiger partial charge is 0.335 e. The van der Waals surface area contributed by atoms with Crippen LogP contribution in [0.3, 0.4) is 0 Å². The van der Waals surface area contributed by atoms with Crippen LogP contribution in [0.2, 0.25) is 0 Å². The van der Waals surface area contributed by atoms with Crippen LogP contribution in [0.5, 0.6) is 5.75 Å². The molecule has 18 heavy (non-hydrogen) atoms. The lowest BCUT2D eigenvalue weighted by molar-refractivity contribution is -0.131. The minimum atomic E-state index is -1.27. The van der Waals surface area contributed by atoms with Crippen molar-refractivity contribution in [3.8, 4) is 5.75 Å². The Hall–Kier alpha value is -2.63. The van der Waals surface area contributed by atoms with Gasteiger partial charge in [0, 0.05) is 6.08 Å². The van der Waals surface area contributed by atoms with E-state index in [9.17, 15) is 14.4 Å². The van der Waals surface area contributed by atoms with E-state index in [-0.39, 0.29) is 16.9 Å². The first-order valence-corrected chi connectivity index (χ1v) is 4.82. The Morgan fingerprint density at radius 1 is 1.17 bits per heavy atom. The molecule has 0 amide bonds. The molecule has 0 saturated carbocycles. The van der Waals surface area contributed by atoms with Crippen LogP contribution in [0, 0.1) is 0 Å². The lowest BCUT2D eigenvalue weighted by Crippen LogP contribution is -2.04. The Labute approximate surface area is 102 Å². The lowest BCUT2D eigenvalue weighted by Gasteiger charge is -2.06. The number of aliphatic carboxylic acids is 1. The predicted octanol–water partition coefficient (Wildman–Crippen LogP) is 1.22. The highest BCUT2D eigenvalue weighted by atomic mass is 16.5. The van der Waals surface area contributed by atoms with Crippen molar-refractivity contribution in [2.24, 2.45) is 0 Å². The summed E-state index contributed by atoms with van der Waals surface area (Å²) in [6.45, 7) is 0. The summed E-state index contributed by atoms with van der Waals surface area (Å²) in [4.78, 5) is 32.8. The van der Waals surface area contributed by atoms with Gasteiger partial charge in [-0.25, -0.2) is 9.59 Å². The minimum absolute atomic E-state index is 0.00472. The Kier molecular flexibility index (Phi) is 4.20. The van der Waals surface area contributed by atoms with Crippen molar-refractivity contribution in [1.29, 1.82) is 0 Å². The number of hydrogen-bond acceptors (Lipinski definition) is 4. The number of ketones is 1. The molecule has 1 aromatic carbocycles. The minimum Gasteiger partial charge on any atom is -0.496 e. The van der Waals surface area contributed by atoms with Crippen molar-refractivity contribution in [3.63, 3.8) is 0 Å². The number of benzene rings is 1. The van der Waals surface area contributed by atoms with E-state index in [4.69, 9.17) is 14.9 Å². The zero-order chi connectivity index (χ0) is 13.7. The second-order valence-corrected chi connectivity index (χ2v) is 3.26. The van der Waals surface area contributed by atoms with Crippen LogP contribution >= 0.6 is 0 Å². The molecule has 2 N–H and O–H groups in total. The fourth-order valence-corrected chi connectivity index (χ4v) is 1.27. The van der Waals surface area contributed by atoms with Crippen LogP contribution in [-0.4, -0.2) is 35.0 Å². The van der Waals surface area contributed by atoms with Gasteiger partial charge in [0.1, 0.15) is 5.75 Å². The van der Waals surface area contributed by atoms with E-state index in [1.54, 1.807) is 0 Å². The van der Waals surface area contributed by atoms with Crippen LogP contribution in [-0.2, 0) is 4.79 Å². The highest BCUT2D eigenvalue weighted by Crippen LogP contribution is 2.21. The third kappa shape index (κ3) is 3.18. The summed E-state index contributed by atoms with van der Waals surface area (Å²) in [7, 11) is 1.33. The molecule has 0 atom stereocenters. The highest BCUT2D eigenvalue weighted by Gasteiger charge is 2.13. The third-order valence-electron chi connectivity index (χ3n) is 2.09. The first-order chi connectivity index (χ1) is 8.45. The molecule has 6 heteroatoms. The number of aromatic carboxylic acids is 1. The maximum atomic E-state index is 11.7. The Balaban J connectivity index is 3.19. The first kappa shape index (κ1) is 13.4. The van der Waals surface area contributed by atoms with Crippen LogP contribution < -0.4 is 4.74 Å². The van der Waals surface area contributed by atoms with Crippen LogP contribution in [0.25, 0.3) is 0 Å². The quantitative estimate of drug-likeness (QED) is 0.601. The van der Waals surface area contributed by atoms with E-state index < -0.39 is 17.7 Å². The second kappa shape index (κ2) is 5.62. The number of carboxylic acids is 2. The van der Waals surface area contributed by atoms with E-state index in [0.29, 0.717) is 6.08 Å². The molecule has 0 radical (unpaired) electrons. The molecule has 0 unspecified atom stereocenters. The van der Waals surface area contributed by atoms with Gasteiger partial charge in [-0.3, -0.25) is 4.79 Å². The van der Waals surface area contributed by atoms with E-state index in [0.717, 1.165) is 12.1 Å². The number of rotatable bonds is 5. The maximum absolute atomic E-state index is 11.7. The van der Waals surface area contributed by atoms with Gasteiger partial charge in [0.05, 0.1) is 18.2 Å². The molecular formula is C12H10O6. The average molecular weight is 250 g/mol. The second-order valence-electron chi connectivity index (χ2n) is 3.26. The van der Waals surface area contributed by atoms with Crippen LogP contribution in [0.4, 0.5) is 0 Å². The zero-order valence-corrected chi connectivity index (χ0v) is 9.41. The Morgan fingerprint density at radius 2 is 1.83 bits per heavy atom. The van der Waals surface area contributed by atoms with Crippen molar-refractivity contribution in [3.05, 3.63) is 41.5 Å². The molecule has 0 aliphatic carbocycles. The van der Waals surface area contributed by atoms with Crippen molar-refractivity contribution in [1.82, 2.24) is 0 Å². The van der Waals surface area contributed by atoms with Gasteiger partial charge in [0.15, 0.2) is 5.78 Å². The number of allylic oxidation sites excluding steroid dienone is 1. The molecule has 0 fully saturated rings. The molecule has 0 spiro atoms. The normalized spacial score (nSPS) is 10.3. The van der Waals surface area contributed by atoms with Crippen LogP contribution in [0.15, 0.2) is 30.4 Å². The Morgan fingerprint density at radius 3 is 2.33 bits per heavy atom. The number of carboxylic acid groups (broad SMARTS) is 2. The van der Waals surface area contributed by atoms with Gasteiger partial charge in [0.2, 0.25) is 0 Å². The number of carbonyl (C=O) groups excluding carboxylic acids is 1. The SMILES string of the molecule is COc1ccc(C(=O)O)cc1C(=O)/C=C/C(=O)O. The maximum Gasteiger partial charge on any atom is 0.335 e. The molecular weight excluding hydrogens is 240 g/mol. The van der Waals surface area contributed by atoms with Gasteiger partial charge in [0.25, 0.3) is 0 Å². The van der Waals surface area contributed by atoms with Gasteiger partial charge >= 0.3 is 11.9 Å². The van der Waals surface area contributed by atoms with E-state index in [2.05, 4.69) is 0 Å². The van der Waals surface area contributed by atoms with E-state index in [1.807, 2.05) is 0 Å². The summed E-state index contributed by atoms with van der Waals surface area (Å²) < 4.78 is 4.91. The standard InChI is InChI=1S/C12H10O6/c1-18-10-4-2-7(12(16)17)6-8(10)9(13)3-5-11(14)15/h2-6H,1H3,(H,14,15)(H,16,17)/b5-3+. The molecule has 0 aromatic heterocycles. The molecule has 6 nitrogen and oxygen atoms in total. The van der Waals surface area contributed by atoms with E-state index >= 15 is 0 Å². The predicted molar refractivity (Wildman–Crippen MR) is 61.1 cm³/mol. The average Bonchev–Trinajstić information content (AvgIpc) is 2.34. The van der Waals surface area contributed by atoms with Crippen molar-refractivity contribution < 1.29 is 29.3 Å². The van der Waals surface area contributed by atoms with Crippen LogP contribution in [0.1, 0.15) is 20.7 Å². The summed E-state index contributed by atoms with van der Waals surface area (Å²) >= 11 is 0. The molecule has 0 aliphatic heterocycles. The molecule has 1 aromatic rings. The van der Waals surface area contributed by atoms with Gasteiger partial charge in [-0.05, 0) is 24.3 Å². The molecule has 0 bridgehead atoms. The van der Waals surface area contributed by atoms with Gasteiger partial charge in [-0.15, -0.1) is 0 Å². The summed E-state index contributed by atoms with van der Waals surface area (Å²) in [5.41, 5.74) is -0.0854. The molecule has 94 valence electrons. The van der Waals surface area contributed by atoms with Gasteiger partial charge in [-0.1, -0.05) is 0 Å². The topological polar surface area (TPSA) is 101 Å². The van der Waals surface area contributed by atoms with Gasteiger partial charge < -0.3 is 14.9 Å². The van der Waals surface area contributed by atoms with Crippen molar-refractivity contribution >= 4 is 17.7 Å². The lowest BCUT2D eigenvalue weighted by atomic mass is 10.1. The number of hydrogen-bond donors (Lipinski definition) is 2. The largest absolute Gasteiger partial charge is 0.496 e. The fraction of sp³-hybridized carbons (Fsp3) is 0.0833. The molecule has 1 rings (SSSR count). The molecule has 0 saturated heterocycles. The zero-order valence-electron chi connectivity index (χ0n) is 9.41. The summed E-state index contributed by atoms with van der Waals surface area (Å²) in [5, 5.41) is 17.2. The van der Waals surface area contributed by atoms with E-state index in [1.165, 1.54) is 19.2 Å². The van der Waals surface area contributed by atoms with Gasteiger partial charge in [-0.2, -0.15) is 0 Å². The van der Waals surface area contributed by atoms with Crippen molar-refractivity contribution in [2.75, 3.05) is 7.11 Å². The first-order valence-electron chi connectivity index (χ1n) is 4.82. The monoisotopic (exact) mass is 250 g/mol. The van der Waals surface area contributed by atoms with Crippen molar-refractivity contribution in [2.45, 2.75) is 0 Å². The highest BCUT2D eigenvalue weighted by molar-refractivity contribution is 6.09. The summed E-state index contributed by atoms with van der Waals surface area (Å²) in [6.07, 6.45) is 1.51. The molecule has 0 aliphatic rings. The Bertz CT molecular complexity index is 529.